The third-order valence-corrected chi connectivity index (χ3v) is 4.12. The first-order valence-corrected chi connectivity index (χ1v) is 8.43. The quantitative estimate of drug-likeness (QED) is 0.572. The van der Waals surface area contributed by atoms with E-state index in [1.54, 1.807) is 27.0 Å². The molecule has 1 atom stereocenters. The van der Waals surface area contributed by atoms with E-state index in [1.165, 1.54) is 6.08 Å². The number of allylic oxidation sites excluding steroid dienone is 1. The maximum Gasteiger partial charge on any atom is 0.328 e. The molecule has 0 saturated carbocycles. The largest absolute Gasteiger partial charge is 0.496 e. The number of hydrogen-bond acceptors (Lipinski definition) is 5. The topological polar surface area (TPSA) is 85.2 Å². The molecule has 1 aromatic carbocycles. The van der Waals surface area contributed by atoms with E-state index in [0.717, 1.165) is 17.2 Å². The van der Waals surface area contributed by atoms with Crippen LogP contribution in [-0.2, 0) is 11.2 Å². The SMILES string of the molecule is COc1cc(OCC=C(C)C)c(C=CC(=O)O)c2c1C[C@@H](C(C)(C)O)O2. The first kappa shape index (κ1) is 19.8. The Morgan fingerprint density at radius 2 is 2.08 bits per heavy atom. The minimum atomic E-state index is -1.07. The summed E-state index contributed by atoms with van der Waals surface area (Å²) < 4.78 is 17.3. The molecule has 1 aliphatic rings. The Morgan fingerprint density at radius 3 is 2.62 bits per heavy atom. The number of benzene rings is 1. The molecule has 2 rings (SSSR count). The second-order valence-corrected chi connectivity index (χ2v) is 7.03. The standard InChI is InChI=1S/C20H26O6/c1-12(2)8-9-25-16-11-15(24-5)14-10-17(20(3,4)23)26-19(14)13(16)6-7-18(21)22/h6-8,11,17,23H,9-10H2,1-5H3,(H,21,22)/t17-/m0/s1. The summed E-state index contributed by atoms with van der Waals surface area (Å²) in [6.45, 7) is 7.63. The minimum Gasteiger partial charge on any atom is -0.496 e. The maximum absolute atomic E-state index is 11.0. The van der Waals surface area contributed by atoms with Crippen LogP contribution in [0, 0.1) is 0 Å². The van der Waals surface area contributed by atoms with Gasteiger partial charge in [-0.1, -0.05) is 5.57 Å². The van der Waals surface area contributed by atoms with Crippen LogP contribution >= 0.6 is 0 Å². The van der Waals surface area contributed by atoms with Crippen LogP contribution in [0.25, 0.3) is 6.08 Å². The monoisotopic (exact) mass is 362 g/mol. The fourth-order valence-electron chi connectivity index (χ4n) is 2.67. The first-order chi connectivity index (χ1) is 12.1. The van der Waals surface area contributed by atoms with E-state index in [0.29, 0.717) is 35.8 Å². The third-order valence-electron chi connectivity index (χ3n) is 4.12. The molecule has 1 heterocycles. The summed E-state index contributed by atoms with van der Waals surface area (Å²) in [5.74, 6) is 0.474. The molecule has 0 aromatic heterocycles. The van der Waals surface area contributed by atoms with Crippen LogP contribution in [0.1, 0.15) is 38.8 Å². The van der Waals surface area contributed by atoms with Crippen molar-refractivity contribution in [2.24, 2.45) is 0 Å². The molecule has 6 heteroatoms. The molecule has 26 heavy (non-hydrogen) atoms. The molecular weight excluding hydrogens is 336 g/mol. The molecule has 142 valence electrons. The Morgan fingerprint density at radius 1 is 1.38 bits per heavy atom. The lowest BCUT2D eigenvalue weighted by atomic mass is 9.96. The van der Waals surface area contributed by atoms with E-state index in [9.17, 15) is 9.90 Å². The number of aliphatic hydroxyl groups is 1. The zero-order chi connectivity index (χ0) is 19.5. The number of carboxylic acids is 1. The van der Waals surface area contributed by atoms with Crippen LogP contribution in [0.4, 0.5) is 0 Å². The van der Waals surface area contributed by atoms with Gasteiger partial charge in [-0.25, -0.2) is 4.79 Å². The molecule has 0 radical (unpaired) electrons. The van der Waals surface area contributed by atoms with Gasteiger partial charge in [-0.2, -0.15) is 0 Å². The average Bonchev–Trinajstić information content (AvgIpc) is 2.97. The molecule has 0 aliphatic carbocycles. The summed E-state index contributed by atoms with van der Waals surface area (Å²) in [7, 11) is 1.56. The van der Waals surface area contributed by atoms with Crippen molar-refractivity contribution in [3.63, 3.8) is 0 Å². The van der Waals surface area contributed by atoms with Crippen molar-refractivity contribution in [1.82, 2.24) is 0 Å². The molecule has 6 nitrogen and oxygen atoms in total. The number of ether oxygens (including phenoxy) is 3. The third kappa shape index (κ3) is 4.58. The normalized spacial score (nSPS) is 16.2. The van der Waals surface area contributed by atoms with Gasteiger partial charge in [0.15, 0.2) is 0 Å². The second kappa shape index (κ2) is 7.83. The van der Waals surface area contributed by atoms with E-state index < -0.39 is 17.7 Å². The van der Waals surface area contributed by atoms with E-state index in [-0.39, 0.29) is 0 Å². The average molecular weight is 362 g/mol. The molecule has 0 fully saturated rings. The van der Waals surface area contributed by atoms with E-state index in [1.807, 2.05) is 19.9 Å². The van der Waals surface area contributed by atoms with Crippen molar-refractivity contribution in [3.8, 4) is 17.2 Å². The molecule has 0 amide bonds. The van der Waals surface area contributed by atoms with Gasteiger partial charge in [0.05, 0.1) is 18.3 Å². The van der Waals surface area contributed by atoms with Crippen LogP contribution < -0.4 is 14.2 Å². The van der Waals surface area contributed by atoms with Gasteiger partial charge >= 0.3 is 5.97 Å². The highest BCUT2D eigenvalue weighted by Gasteiger charge is 2.38. The molecule has 2 N–H and O–H groups in total. The summed E-state index contributed by atoms with van der Waals surface area (Å²) >= 11 is 0. The van der Waals surface area contributed by atoms with Crippen molar-refractivity contribution in [2.75, 3.05) is 13.7 Å². The molecule has 0 spiro atoms. The predicted octanol–water partition coefficient (Wildman–Crippen LogP) is 3.21. The first-order valence-electron chi connectivity index (χ1n) is 8.43. The number of hydrogen-bond donors (Lipinski definition) is 2. The van der Waals surface area contributed by atoms with Gasteiger partial charge in [0, 0.05) is 24.1 Å². The van der Waals surface area contributed by atoms with Crippen molar-refractivity contribution in [1.29, 1.82) is 0 Å². The van der Waals surface area contributed by atoms with Crippen molar-refractivity contribution in [3.05, 3.63) is 34.9 Å². The summed E-state index contributed by atoms with van der Waals surface area (Å²) in [5, 5.41) is 19.3. The lowest BCUT2D eigenvalue weighted by Gasteiger charge is -2.24. The van der Waals surface area contributed by atoms with Crippen LogP contribution in [0.5, 0.6) is 17.2 Å². The zero-order valence-electron chi connectivity index (χ0n) is 15.8. The number of fused-ring (bicyclic) bond motifs is 1. The lowest BCUT2D eigenvalue weighted by Crippen LogP contribution is -2.39. The van der Waals surface area contributed by atoms with Crippen LogP contribution in [0.2, 0.25) is 0 Å². The maximum atomic E-state index is 11.0. The predicted molar refractivity (Wildman–Crippen MR) is 99.0 cm³/mol. The van der Waals surface area contributed by atoms with Gasteiger partial charge in [0.25, 0.3) is 0 Å². The van der Waals surface area contributed by atoms with Gasteiger partial charge < -0.3 is 24.4 Å². The van der Waals surface area contributed by atoms with Crippen molar-refractivity contribution in [2.45, 2.75) is 45.8 Å². The number of carboxylic acid groups (broad SMARTS) is 1. The fourth-order valence-corrected chi connectivity index (χ4v) is 2.67. The smallest absolute Gasteiger partial charge is 0.328 e. The Bertz CT molecular complexity index is 736. The zero-order valence-corrected chi connectivity index (χ0v) is 15.8. The van der Waals surface area contributed by atoms with Crippen LogP contribution in [0.3, 0.4) is 0 Å². The Kier molecular flexibility index (Phi) is 5.97. The highest BCUT2D eigenvalue weighted by atomic mass is 16.5. The summed E-state index contributed by atoms with van der Waals surface area (Å²) in [4.78, 5) is 11.0. The highest BCUT2D eigenvalue weighted by Crippen LogP contribution is 2.46. The number of rotatable bonds is 7. The van der Waals surface area contributed by atoms with Gasteiger partial charge in [-0.3, -0.25) is 0 Å². The Balaban J connectivity index is 2.52. The highest BCUT2D eigenvalue weighted by molar-refractivity contribution is 5.87. The molecule has 1 aromatic rings. The van der Waals surface area contributed by atoms with Crippen molar-refractivity contribution >= 4 is 12.0 Å². The van der Waals surface area contributed by atoms with Gasteiger partial charge in [-0.15, -0.1) is 0 Å². The summed E-state index contributed by atoms with van der Waals surface area (Å²) in [5.41, 5.74) is 1.37. The van der Waals surface area contributed by atoms with Crippen LogP contribution in [-0.4, -0.2) is 41.6 Å². The molecule has 0 unspecified atom stereocenters. The summed E-state index contributed by atoms with van der Waals surface area (Å²) in [6.07, 6.45) is 4.41. The van der Waals surface area contributed by atoms with Crippen molar-refractivity contribution < 1.29 is 29.2 Å². The van der Waals surface area contributed by atoms with Crippen LogP contribution in [0.15, 0.2) is 23.8 Å². The Hall–Kier alpha value is -2.47. The molecule has 0 bridgehead atoms. The Labute approximate surface area is 153 Å². The number of aliphatic carboxylic acids is 1. The lowest BCUT2D eigenvalue weighted by molar-refractivity contribution is -0.131. The summed E-state index contributed by atoms with van der Waals surface area (Å²) in [6, 6.07) is 1.73. The second-order valence-electron chi connectivity index (χ2n) is 7.03. The van der Waals surface area contributed by atoms with E-state index >= 15 is 0 Å². The van der Waals surface area contributed by atoms with Gasteiger partial charge in [0.2, 0.25) is 0 Å². The van der Waals surface area contributed by atoms with E-state index in [4.69, 9.17) is 19.3 Å². The number of carbonyl (C=O) groups is 1. The van der Waals surface area contributed by atoms with E-state index in [2.05, 4.69) is 0 Å². The fraction of sp³-hybridized carbons (Fsp3) is 0.450. The van der Waals surface area contributed by atoms with Gasteiger partial charge in [-0.05, 0) is 39.8 Å². The molecule has 0 saturated heterocycles. The minimum absolute atomic E-state index is 0.340. The number of methoxy groups -OCH3 is 1. The molecular formula is C20H26O6. The molecule has 1 aliphatic heterocycles. The van der Waals surface area contributed by atoms with Gasteiger partial charge in [0.1, 0.15) is 30.0 Å².